The number of piperidine rings is 1. The number of carbonyl (C=O) groups excluding carboxylic acids is 3. The number of benzene rings is 1. The Kier molecular flexibility index (Phi) is 6.06. The molecule has 2 aliphatic rings. The van der Waals surface area contributed by atoms with Gasteiger partial charge < -0.3 is 14.7 Å². The molecule has 0 saturated carbocycles. The van der Waals surface area contributed by atoms with Crippen molar-refractivity contribution in [3.63, 3.8) is 0 Å². The molecule has 0 N–H and O–H groups in total. The molecule has 152 valence electrons. The van der Waals surface area contributed by atoms with Gasteiger partial charge in [-0.15, -0.1) is 0 Å². The van der Waals surface area contributed by atoms with Crippen LogP contribution in [0.25, 0.3) is 0 Å². The van der Waals surface area contributed by atoms with Gasteiger partial charge in [-0.2, -0.15) is 0 Å². The fraction of sp³-hybridized carbons (Fsp3) is 0.591. The molecule has 3 rings (SSSR count). The largest absolute Gasteiger partial charge is 0.339 e. The smallest absolute Gasteiger partial charge is 0.253 e. The molecule has 0 spiro atoms. The van der Waals surface area contributed by atoms with Gasteiger partial charge in [0.2, 0.25) is 11.8 Å². The van der Waals surface area contributed by atoms with E-state index in [0.29, 0.717) is 44.8 Å². The summed E-state index contributed by atoms with van der Waals surface area (Å²) in [4.78, 5) is 43.7. The van der Waals surface area contributed by atoms with Gasteiger partial charge in [0.1, 0.15) is 0 Å². The molecular weight excluding hydrogens is 354 g/mol. The minimum Gasteiger partial charge on any atom is -0.339 e. The van der Waals surface area contributed by atoms with E-state index in [1.54, 1.807) is 4.90 Å². The standard InChI is InChI=1S/C22H31N3O3/c1-22(2,3)21(28)24-14-12-23(13-15-24)20(27)18-10-7-11-25(16-18)19(26)17-8-5-4-6-9-17/h4-6,8-9,18H,7,10-16H2,1-3H3. The zero-order chi connectivity index (χ0) is 20.3. The maximum absolute atomic E-state index is 13.0. The van der Waals surface area contributed by atoms with Crippen molar-refractivity contribution < 1.29 is 14.4 Å². The Morgan fingerprint density at radius 2 is 1.46 bits per heavy atom. The van der Waals surface area contributed by atoms with Crippen molar-refractivity contribution in [2.45, 2.75) is 33.6 Å². The monoisotopic (exact) mass is 385 g/mol. The lowest BCUT2D eigenvalue weighted by molar-refractivity contribution is -0.147. The van der Waals surface area contributed by atoms with Crippen molar-refractivity contribution in [2.75, 3.05) is 39.3 Å². The molecule has 6 nitrogen and oxygen atoms in total. The van der Waals surface area contributed by atoms with Crippen LogP contribution in [0.15, 0.2) is 30.3 Å². The average Bonchev–Trinajstić information content (AvgIpc) is 2.72. The summed E-state index contributed by atoms with van der Waals surface area (Å²) in [6.45, 7) is 9.27. The predicted octanol–water partition coefficient (Wildman–Crippen LogP) is 2.26. The molecule has 0 radical (unpaired) electrons. The number of rotatable bonds is 2. The van der Waals surface area contributed by atoms with Crippen LogP contribution in [0.1, 0.15) is 44.0 Å². The zero-order valence-corrected chi connectivity index (χ0v) is 17.2. The number of hydrogen-bond donors (Lipinski definition) is 0. The van der Waals surface area contributed by atoms with Crippen molar-refractivity contribution in [2.24, 2.45) is 11.3 Å². The molecule has 1 aromatic rings. The Balaban J connectivity index is 1.56. The van der Waals surface area contributed by atoms with Gasteiger partial charge in [0, 0.05) is 50.2 Å². The van der Waals surface area contributed by atoms with Crippen LogP contribution < -0.4 is 0 Å². The molecule has 2 heterocycles. The first-order chi connectivity index (χ1) is 13.3. The van der Waals surface area contributed by atoms with Crippen LogP contribution in [0.2, 0.25) is 0 Å². The number of carbonyl (C=O) groups is 3. The summed E-state index contributed by atoms with van der Waals surface area (Å²) >= 11 is 0. The quantitative estimate of drug-likeness (QED) is 0.785. The normalized spacial score (nSPS) is 20.8. The second-order valence-electron chi connectivity index (χ2n) is 8.82. The summed E-state index contributed by atoms with van der Waals surface area (Å²) in [5.74, 6) is 0.107. The summed E-state index contributed by atoms with van der Waals surface area (Å²) in [6, 6.07) is 9.25. The van der Waals surface area contributed by atoms with Crippen molar-refractivity contribution in [1.29, 1.82) is 0 Å². The number of hydrogen-bond acceptors (Lipinski definition) is 3. The molecular formula is C22H31N3O3. The van der Waals surface area contributed by atoms with Crippen LogP contribution in [0, 0.1) is 11.3 Å². The molecule has 6 heteroatoms. The minimum atomic E-state index is -0.395. The maximum atomic E-state index is 13.0. The number of amides is 3. The van der Waals surface area contributed by atoms with E-state index in [0.717, 1.165) is 12.8 Å². The highest BCUT2D eigenvalue weighted by atomic mass is 16.2. The lowest BCUT2D eigenvalue weighted by Crippen LogP contribution is -2.55. The Morgan fingerprint density at radius 3 is 2.07 bits per heavy atom. The van der Waals surface area contributed by atoms with Gasteiger partial charge in [-0.25, -0.2) is 0 Å². The van der Waals surface area contributed by atoms with Gasteiger partial charge in [-0.05, 0) is 25.0 Å². The highest BCUT2D eigenvalue weighted by molar-refractivity contribution is 5.94. The van der Waals surface area contributed by atoms with Crippen molar-refractivity contribution in [1.82, 2.24) is 14.7 Å². The van der Waals surface area contributed by atoms with Crippen LogP contribution in [0.4, 0.5) is 0 Å². The molecule has 2 fully saturated rings. The second-order valence-corrected chi connectivity index (χ2v) is 8.82. The van der Waals surface area contributed by atoms with Crippen LogP contribution in [-0.2, 0) is 9.59 Å². The van der Waals surface area contributed by atoms with Crippen LogP contribution in [0.3, 0.4) is 0 Å². The number of piperazine rings is 1. The molecule has 1 unspecified atom stereocenters. The molecule has 28 heavy (non-hydrogen) atoms. The van der Waals surface area contributed by atoms with E-state index in [4.69, 9.17) is 0 Å². The van der Waals surface area contributed by atoms with Crippen LogP contribution in [0.5, 0.6) is 0 Å². The van der Waals surface area contributed by atoms with Crippen molar-refractivity contribution in [3.05, 3.63) is 35.9 Å². The van der Waals surface area contributed by atoms with Gasteiger partial charge >= 0.3 is 0 Å². The number of nitrogens with zero attached hydrogens (tertiary/aromatic N) is 3. The average molecular weight is 386 g/mol. The number of likely N-dealkylation sites (tertiary alicyclic amines) is 1. The Bertz CT molecular complexity index is 718. The highest BCUT2D eigenvalue weighted by Crippen LogP contribution is 2.23. The summed E-state index contributed by atoms with van der Waals surface area (Å²) in [7, 11) is 0. The third-order valence-electron chi connectivity index (χ3n) is 5.60. The molecule has 1 atom stereocenters. The summed E-state index contributed by atoms with van der Waals surface area (Å²) in [5.41, 5.74) is 0.276. The van der Waals surface area contributed by atoms with Crippen LogP contribution in [-0.4, -0.2) is 71.7 Å². The van der Waals surface area contributed by atoms with E-state index in [-0.39, 0.29) is 23.6 Å². The van der Waals surface area contributed by atoms with E-state index in [9.17, 15) is 14.4 Å². The van der Waals surface area contributed by atoms with E-state index < -0.39 is 5.41 Å². The molecule has 0 aliphatic carbocycles. The molecule has 2 saturated heterocycles. The van der Waals surface area contributed by atoms with Crippen molar-refractivity contribution >= 4 is 17.7 Å². The summed E-state index contributed by atoms with van der Waals surface area (Å²) < 4.78 is 0. The van der Waals surface area contributed by atoms with E-state index in [1.807, 2.05) is 60.9 Å². The SMILES string of the molecule is CC(C)(C)C(=O)N1CCN(C(=O)C2CCCN(C(=O)c3ccccc3)C2)CC1. The Labute approximate surface area is 167 Å². The third-order valence-corrected chi connectivity index (χ3v) is 5.60. The first kappa shape index (κ1) is 20.4. The Hall–Kier alpha value is -2.37. The predicted molar refractivity (Wildman–Crippen MR) is 108 cm³/mol. The lowest BCUT2D eigenvalue weighted by Gasteiger charge is -2.40. The van der Waals surface area contributed by atoms with Gasteiger partial charge in [-0.3, -0.25) is 14.4 Å². The lowest BCUT2D eigenvalue weighted by atomic mass is 9.94. The summed E-state index contributed by atoms with van der Waals surface area (Å²) in [6.07, 6.45) is 1.66. The molecule has 3 amide bonds. The second kappa shape index (κ2) is 8.33. The molecule has 0 bridgehead atoms. The van der Waals surface area contributed by atoms with Gasteiger partial charge in [-0.1, -0.05) is 39.0 Å². The molecule has 1 aromatic carbocycles. The van der Waals surface area contributed by atoms with E-state index in [2.05, 4.69) is 0 Å². The first-order valence-corrected chi connectivity index (χ1v) is 10.2. The Morgan fingerprint density at radius 1 is 0.857 bits per heavy atom. The van der Waals surface area contributed by atoms with Crippen molar-refractivity contribution in [3.8, 4) is 0 Å². The van der Waals surface area contributed by atoms with Gasteiger partial charge in [0.15, 0.2) is 0 Å². The minimum absolute atomic E-state index is 0.00121. The maximum Gasteiger partial charge on any atom is 0.253 e. The third kappa shape index (κ3) is 4.54. The highest BCUT2D eigenvalue weighted by Gasteiger charge is 2.35. The van der Waals surface area contributed by atoms with Crippen LogP contribution >= 0.6 is 0 Å². The topological polar surface area (TPSA) is 60.9 Å². The fourth-order valence-electron chi connectivity index (χ4n) is 3.99. The molecule has 0 aromatic heterocycles. The van der Waals surface area contributed by atoms with E-state index in [1.165, 1.54) is 0 Å². The van der Waals surface area contributed by atoms with Gasteiger partial charge in [0.25, 0.3) is 5.91 Å². The first-order valence-electron chi connectivity index (χ1n) is 10.2. The fourth-order valence-corrected chi connectivity index (χ4v) is 3.99. The van der Waals surface area contributed by atoms with Gasteiger partial charge in [0.05, 0.1) is 5.92 Å². The van der Waals surface area contributed by atoms with E-state index >= 15 is 0 Å². The molecule has 2 aliphatic heterocycles. The zero-order valence-electron chi connectivity index (χ0n) is 17.2. The summed E-state index contributed by atoms with van der Waals surface area (Å²) in [5, 5.41) is 0.